The maximum absolute atomic E-state index is 13.2. The summed E-state index contributed by atoms with van der Waals surface area (Å²) in [7, 11) is 0. The molecule has 0 aliphatic carbocycles. The zero-order chi connectivity index (χ0) is 16.4. The van der Waals surface area contributed by atoms with Crippen molar-refractivity contribution < 1.29 is 18.0 Å². The molecule has 3 aromatic rings. The van der Waals surface area contributed by atoms with Crippen molar-refractivity contribution in [3.8, 4) is 0 Å². The van der Waals surface area contributed by atoms with Gasteiger partial charge in [-0.1, -0.05) is 18.2 Å². The molecule has 0 fully saturated rings. The SMILES string of the molecule is O=C(N[C@@H](c1cccnc1)C(F)(F)F)c1nc2ccccc2[nH]1. The second kappa shape index (κ2) is 5.71. The zero-order valence-corrected chi connectivity index (χ0v) is 11.6. The van der Waals surface area contributed by atoms with E-state index in [1.54, 1.807) is 24.3 Å². The number of carbonyl (C=O) groups is 1. The van der Waals surface area contributed by atoms with E-state index < -0.39 is 18.1 Å². The number of hydrogen-bond acceptors (Lipinski definition) is 3. The normalized spacial score (nSPS) is 13.0. The summed E-state index contributed by atoms with van der Waals surface area (Å²) in [6, 6.07) is 7.27. The predicted octanol–water partition coefficient (Wildman–Crippen LogP) is 2.99. The summed E-state index contributed by atoms with van der Waals surface area (Å²) in [6.45, 7) is 0. The lowest BCUT2D eigenvalue weighted by Crippen LogP contribution is -2.38. The van der Waals surface area contributed by atoms with Crippen LogP contribution < -0.4 is 5.32 Å². The van der Waals surface area contributed by atoms with Gasteiger partial charge < -0.3 is 10.3 Å². The van der Waals surface area contributed by atoms with E-state index in [4.69, 9.17) is 0 Å². The van der Waals surface area contributed by atoms with Crippen LogP contribution in [0.1, 0.15) is 22.2 Å². The molecule has 2 heterocycles. The number of pyridine rings is 1. The molecule has 2 N–H and O–H groups in total. The van der Waals surface area contributed by atoms with Gasteiger partial charge in [0.1, 0.15) is 0 Å². The van der Waals surface area contributed by atoms with E-state index in [9.17, 15) is 18.0 Å². The van der Waals surface area contributed by atoms with Crippen LogP contribution in [0.3, 0.4) is 0 Å². The van der Waals surface area contributed by atoms with E-state index in [1.807, 2.05) is 5.32 Å². The average molecular weight is 320 g/mol. The van der Waals surface area contributed by atoms with Crippen LogP contribution in [0, 0.1) is 0 Å². The minimum Gasteiger partial charge on any atom is -0.334 e. The van der Waals surface area contributed by atoms with Crippen LogP contribution in [-0.2, 0) is 0 Å². The summed E-state index contributed by atoms with van der Waals surface area (Å²) in [5.41, 5.74) is 0.926. The Labute approximate surface area is 128 Å². The highest BCUT2D eigenvalue weighted by molar-refractivity contribution is 5.94. The number of H-pyrrole nitrogens is 1. The van der Waals surface area contributed by atoms with Gasteiger partial charge >= 0.3 is 6.18 Å². The van der Waals surface area contributed by atoms with E-state index in [-0.39, 0.29) is 11.4 Å². The van der Waals surface area contributed by atoms with Gasteiger partial charge in [0.15, 0.2) is 11.9 Å². The van der Waals surface area contributed by atoms with E-state index in [0.717, 1.165) is 6.20 Å². The minimum atomic E-state index is -4.65. The third-order valence-electron chi connectivity index (χ3n) is 3.22. The van der Waals surface area contributed by atoms with Gasteiger partial charge in [-0.05, 0) is 18.2 Å². The second-order valence-electron chi connectivity index (χ2n) is 4.84. The fourth-order valence-electron chi connectivity index (χ4n) is 2.16. The highest BCUT2D eigenvalue weighted by Gasteiger charge is 2.42. The Kier molecular flexibility index (Phi) is 3.73. The first-order valence-corrected chi connectivity index (χ1v) is 6.67. The molecule has 0 aliphatic rings. The van der Waals surface area contributed by atoms with Crippen molar-refractivity contribution in [1.82, 2.24) is 20.3 Å². The molecule has 0 radical (unpaired) electrons. The lowest BCUT2D eigenvalue weighted by molar-refractivity contribution is -0.155. The molecule has 1 aromatic carbocycles. The van der Waals surface area contributed by atoms with Crippen LogP contribution in [0.4, 0.5) is 13.2 Å². The predicted molar refractivity (Wildman–Crippen MR) is 76.6 cm³/mol. The van der Waals surface area contributed by atoms with Gasteiger partial charge in [-0.2, -0.15) is 13.2 Å². The summed E-state index contributed by atoms with van der Waals surface area (Å²) in [4.78, 5) is 22.5. The van der Waals surface area contributed by atoms with Gasteiger partial charge in [0.05, 0.1) is 11.0 Å². The second-order valence-corrected chi connectivity index (χ2v) is 4.84. The number of nitrogens with one attached hydrogen (secondary N) is 2. The Balaban J connectivity index is 1.89. The van der Waals surface area contributed by atoms with E-state index in [2.05, 4.69) is 15.0 Å². The maximum Gasteiger partial charge on any atom is 0.412 e. The number of aromatic nitrogens is 3. The van der Waals surface area contributed by atoms with Crippen molar-refractivity contribution in [3.05, 3.63) is 60.2 Å². The van der Waals surface area contributed by atoms with Crippen LogP contribution in [0.5, 0.6) is 0 Å². The van der Waals surface area contributed by atoms with Crippen molar-refractivity contribution >= 4 is 16.9 Å². The van der Waals surface area contributed by atoms with Crippen molar-refractivity contribution in [2.45, 2.75) is 12.2 Å². The third kappa shape index (κ3) is 3.15. The number of nitrogens with zero attached hydrogens (tertiary/aromatic N) is 2. The van der Waals surface area contributed by atoms with Crippen LogP contribution in [-0.4, -0.2) is 27.0 Å². The molecule has 1 amide bonds. The van der Waals surface area contributed by atoms with Gasteiger partial charge in [-0.25, -0.2) is 4.98 Å². The van der Waals surface area contributed by atoms with Gasteiger partial charge in [0.25, 0.3) is 5.91 Å². The molecule has 3 rings (SSSR count). The number of hydrogen-bond donors (Lipinski definition) is 2. The first-order chi connectivity index (χ1) is 10.9. The molecule has 23 heavy (non-hydrogen) atoms. The third-order valence-corrected chi connectivity index (χ3v) is 3.22. The molecular formula is C15H11F3N4O. The molecule has 1 atom stereocenters. The number of carbonyl (C=O) groups excluding carboxylic acids is 1. The van der Waals surface area contributed by atoms with Crippen LogP contribution in [0.15, 0.2) is 48.8 Å². The fraction of sp³-hybridized carbons (Fsp3) is 0.133. The standard InChI is InChI=1S/C15H11F3N4O/c16-15(17,18)12(9-4-3-7-19-8-9)22-14(23)13-20-10-5-1-2-6-11(10)21-13/h1-8,12H,(H,20,21)(H,22,23)/t12-/m0/s1. The molecule has 0 spiro atoms. The summed E-state index contributed by atoms with van der Waals surface area (Å²) in [5.74, 6) is -1.11. The molecule has 118 valence electrons. The summed E-state index contributed by atoms with van der Waals surface area (Å²) in [6.07, 6.45) is -2.22. The highest BCUT2D eigenvalue weighted by Crippen LogP contribution is 2.32. The number of amides is 1. The Bertz CT molecular complexity index is 796. The molecule has 8 heteroatoms. The molecule has 0 saturated carbocycles. The van der Waals surface area contributed by atoms with E-state index in [1.165, 1.54) is 18.3 Å². The lowest BCUT2D eigenvalue weighted by atomic mass is 10.1. The number of para-hydroxylation sites is 2. The first kappa shape index (κ1) is 15.0. The molecular weight excluding hydrogens is 309 g/mol. The molecule has 0 saturated heterocycles. The molecule has 2 aromatic heterocycles. The average Bonchev–Trinajstić information content (AvgIpc) is 2.96. The van der Waals surface area contributed by atoms with Gasteiger partial charge in [0, 0.05) is 18.0 Å². The minimum absolute atomic E-state index is 0.149. The van der Waals surface area contributed by atoms with Crippen LogP contribution in [0.2, 0.25) is 0 Å². The Morgan fingerprint density at radius 3 is 2.61 bits per heavy atom. The number of rotatable bonds is 3. The van der Waals surface area contributed by atoms with E-state index >= 15 is 0 Å². The number of fused-ring (bicyclic) bond motifs is 1. The van der Waals surface area contributed by atoms with Crippen molar-refractivity contribution in [3.63, 3.8) is 0 Å². The van der Waals surface area contributed by atoms with Gasteiger partial charge in [-0.15, -0.1) is 0 Å². The Morgan fingerprint density at radius 2 is 1.96 bits per heavy atom. The highest BCUT2D eigenvalue weighted by atomic mass is 19.4. The van der Waals surface area contributed by atoms with Crippen LogP contribution >= 0.6 is 0 Å². The number of halogens is 3. The summed E-state index contributed by atoms with van der Waals surface area (Å²) in [5, 5.41) is 1.95. The molecule has 5 nitrogen and oxygen atoms in total. The van der Waals surface area contributed by atoms with Crippen molar-refractivity contribution in [2.24, 2.45) is 0 Å². The number of alkyl halides is 3. The van der Waals surface area contributed by atoms with Crippen molar-refractivity contribution in [1.29, 1.82) is 0 Å². The fourth-order valence-corrected chi connectivity index (χ4v) is 2.16. The number of imidazole rings is 1. The largest absolute Gasteiger partial charge is 0.412 e. The Hall–Kier alpha value is -2.90. The van der Waals surface area contributed by atoms with Gasteiger partial charge in [0.2, 0.25) is 0 Å². The Morgan fingerprint density at radius 1 is 1.17 bits per heavy atom. The van der Waals surface area contributed by atoms with Crippen LogP contribution in [0.25, 0.3) is 11.0 Å². The molecule has 0 aliphatic heterocycles. The summed E-state index contributed by atoms with van der Waals surface area (Å²) >= 11 is 0. The first-order valence-electron chi connectivity index (χ1n) is 6.67. The zero-order valence-electron chi connectivity index (χ0n) is 11.6. The monoisotopic (exact) mass is 320 g/mol. The number of benzene rings is 1. The number of aromatic amines is 1. The van der Waals surface area contributed by atoms with Crippen molar-refractivity contribution in [2.75, 3.05) is 0 Å². The smallest absolute Gasteiger partial charge is 0.334 e. The van der Waals surface area contributed by atoms with Gasteiger partial charge in [-0.3, -0.25) is 9.78 Å². The quantitative estimate of drug-likeness (QED) is 0.779. The molecule has 0 unspecified atom stereocenters. The maximum atomic E-state index is 13.2. The molecule has 0 bridgehead atoms. The summed E-state index contributed by atoms with van der Waals surface area (Å²) < 4.78 is 39.6. The lowest BCUT2D eigenvalue weighted by Gasteiger charge is -2.21. The van der Waals surface area contributed by atoms with E-state index in [0.29, 0.717) is 11.0 Å². The topological polar surface area (TPSA) is 70.7 Å².